The van der Waals surface area contributed by atoms with Gasteiger partial charge in [0.1, 0.15) is 16.9 Å². The Morgan fingerprint density at radius 3 is 2.51 bits per heavy atom. The number of benzene rings is 1. The Hall–Kier alpha value is -3.49. The van der Waals surface area contributed by atoms with Crippen LogP contribution in [0.15, 0.2) is 30.3 Å². The van der Waals surface area contributed by atoms with E-state index in [4.69, 9.17) is 14.5 Å². The van der Waals surface area contributed by atoms with Gasteiger partial charge >= 0.3 is 5.97 Å². The van der Waals surface area contributed by atoms with Crippen molar-refractivity contribution in [3.63, 3.8) is 0 Å². The summed E-state index contributed by atoms with van der Waals surface area (Å²) in [5.41, 5.74) is 3.28. The molecule has 0 spiro atoms. The summed E-state index contributed by atoms with van der Waals surface area (Å²) in [6, 6.07) is 8.87. The van der Waals surface area contributed by atoms with E-state index >= 15 is 0 Å². The predicted molar refractivity (Wildman–Crippen MR) is 131 cm³/mol. The van der Waals surface area contributed by atoms with Crippen LogP contribution in [0.1, 0.15) is 50.2 Å². The molecule has 9 heteroatoms. The molecule has 3 heterocycles. The Balaban J connectivity index is 1.96. The zero-order chi connectivity index (χ0) is 25.5. The molecule has 0 saturated carbocycles. The van der Waals surface area contributed by atoms with Crippen LogP contribution in [0.5, 0.6) is 5.75 Å². The third kappa shape index (κ3) is 4.59. The molecule has 0 radical (unpaired) electrons. The molecule has 186 valence electrons. The number of fused-ring (bicyclic) bond motifs is 2. The van der Waals surface area contributed by atoms with Gasteiger partial charge in [-0.2, -0.15) is 0 Å². The van der Waals surface area contributed by atoms with Crippen LogP contribution < -0.4 is 4.74 Å². The molecular formula is C26H30F2N4O3. The van der Waals surface area contributed by atoms with E-state index in [0.717, 1.165) is 11.1 Å². The topological polar surface area (TPSA) is 71.2 Å². The fraction of sp³-hybridized carbons (Fsp3) is 0.423. The van der Waals surface area contributed by atoms with Crippen molar-refractivity contribution in [2.45, 2.75) is 59.1 Å². The van der Waals surface area contributed by atoms with Crippen molar-refractivity contribution >= 4 is 28.0 Å². The Morgan fingerprint density at radius 2 is 1.89 bits per heavy atom. The molecular weight excluding hydrogens is 454 g/mol. The van der Waals surface area contributed by atoms with Crippen molar-refractivity contribution in [3.8, 4) is 17.3 Å². The van der Waals surface area contributed by atoms with Gasteiger partial charge in [0.25, 0.3) is 5.92 Å². The Morgan fingerprint density at radius 1 is 1.14 bits per heavy atom. The first-order valence-corrected chi connectivity index (χ1v) is 11.7. The minimum absolute atomic E-state index is 0.278. The smallest absolute Gasteiger partial charge is 0.338 e. The second-order valence-corrected chi connectivity index (χ2v) is 8.89. The Kier molecular flexibility index (Phi) is 6.53. The molecule has 0 saturated heterocycles. The third-order valence-electron chi connectivity index (χ3n) is 6.03. The van der Waals surface area contributed by atoms with Crippen molar-refractivity contribution in [1.29, 1.82) is 0 Å². The number of aromatic nitrogens is 4. The van der Waals surface area contributed by atoms with Crippen LogP contribution in [-0.2, 0) is 24.8 Å². The van der Waals surface area contributed by atoms with Crippen LogP contribution in [0.4, 0.5) is 8.78 Å². The van der Waals surface area contributed by atoms with Gasteiger partial charge in [0, 0.05) is 24.5 Å². The number of methoxy groups -OCH3 is 1. The average Bonchev–Trinajstić information content (AvgIpc) is 3.34. The average molecular weight is 485 g/mol. The molecule has 0 N–H and O–H groups in total. The molecule has 7 nitrogen and oxygen atoms in total. The summed E-state index contributed by atoms with van der Waals surface area (Å²) in [7, 11) is 3.30. The van der Waals surface area contributed by atoms with Crippen molar-refractivity contribution in [1.82, 2.24) is 19.1 Å². The summed E-state index contributed by atoms with van der Waals surface area (Å²) in [5.74, 6) is -2.50. The number of halogens is 2. The first kappa shape index (κ1) is 24.6. The molecule has 0 aliphatic carbocycles. The maximum atomic E-state index is 14.6. The van der Waals surface area contributed by atoms with Crippen molar-refractivity contribution in [3.05, 3.63) is 41.6 Å². The van der Waals surface area contributed by atoms with E-state index in [9.17, 15) is 13.6 Å². The van der Waals surface area contributed by atoms with Gasteiger partial charge in [-0.05, 0) is 50.6 Å². The van der Waals surface area contributed by atoms with Crippen LogP contribution in [0.2, 0.25) is 0 Å². The largest absolute Gasteiger partial charge is 0.494 e. The highest BCUT2D eigenvalue weighted by molar-refractivity contribution is 5.97. The van der Waals surface area contributed by atoms with Gasteiger partial charge in [-0.3, -0.25) is 0 Å². The number of nitrogens with zero attached hydrogens (tertiary/aromatic N) is 4. The van der Waals surface area contributed by atoms with E-state index in [1.165, 1.54) is 14.0 Å². The maximum absolute atomic E-state index is 14.6. The van der Waals surface area contributed by atoms with Crippen molar-refractivity contribution < 1.29 is 23.0 Å². The summed E-state index contributed by atoms with van der Waals surface area (Å²) >= 11 is 0. The van der Waals surface area contributed by atoms with E-state index in [2.05, 4.69) is 4.98 Å². The minimum atomic E-state index is -2.92. The van der Waals surface area contributed by atoms with E-state index in [1.807, 2.05) is 25.1 Å². The normalized spacial score (nSPS) is 12.1. The quantitative estimate of drug-likeness (QED) is 0.297. The lowest BCUT2D eigenvalue weighted by molar-refractivity contribution is -0.0185. The highest BCUT2D eigenvalue weighted by Crippen LogP contribution is 2.35. The lowest BCUT2D eigenvalue weighted by Crippen LogP contribution is -2.23. The number of carbonyl (C=O) groups excluding carboxylic acids is 1. The van der Waals surface area contributed by atoms with Gasteiger partial charge < -0.3 is 18.6 Å². The van der Waals surface area contributed by atoms with Crippen LogP contribution in [0, 0.1) is 0 Å². The molecule has 35 heavy (non-hydrogen) atoms. The Bertz CT molecular complexity index is 1410. The Labute approximate surface area is 202 Å². The zero-order valence-electron chi connectivity index (χ0n) is 20.9. The number of hydrogen-bond donors (Lipinski definition) is 0. The second kappa shape index (κ2) is 9.28. The summed E-state index contributed by atoms with van der Waals surface area (Å²) in [5, 5.41) is 0.754. The first-order chi connectivity index (χ1) is 16.6. The van der Waals surface area contributed by atoms with Gasteiger partial charge in [-0.25, -0.2) is 23.5 Å². The number of imidazole rings is 1. The first-order valence-electron chi connectivity index (χ1n) is 11.7. The predicted octanol–water partition coefficient (Wildman–Crippen LogP) is 5.77. The number of rotatable bonds is 8. The summed E-state index contributed by atoms with van der Waals surface area (Å²) in [4.78, 5) is 21.9. The molecule has 0 fully saturated rings. The lowest BCUT2D eigenvalue weighted by atomic mass is 10.2. The van der Waals surface area contributed by atoms with Crippen LogP contribution in [0.25, 0.3) is 33.6 Å². The summed E-state index contributed by atoms with van der Waals surface area (Å²) < 4.78 is 43.5. The molecule has 0 aliphatic rings. The molecule has 4 aromatic rings. The fourth-order valence-electron chi connectivity index (χ4n) is 4.15. The van der Waals surface area contributed by atoms with Gasteiger partial charge in [0.15, 0.2) is 5.82 Å². The zero-order valence-corrected chi connectivity index (χ0v) is 20.9. The van der Waals surface area contributed by atoms with Gasteiger partial charge in [0.2, 0.25) is 0 Å². The highest BCUT2D eigenvalue weighted by Gasteiger charge is 2.30. The number of carbonyl (C=O) groups is 1. The maximum Gasteiger partial charge on any atom is 0.338 e. The minimum Gasteiger partial charge on any atom is -0.494 e. The number of alkyl halides is 2. The SMILES string of the molecule is CCc1ccc2cc(-c3nc4cc(C(=O)OC(C)C)cc(OC)c4n3C)n(CC(F)(F)CC)c2n1. The molecule has 0 unspecified atom stereocenters. The fourth-order valence-corrected chi connectivity index (χ4v) is 4.15. The number of hydrogen-bond acceptors (Lipinski definition) is 5. The third-order valence-corrected chi connectivity index (χ3v) is 6.03. The van der Waals surface area contributed by atoms with E-state index < -0.39 is 18.4 Å². The lowest BCUT2D eigenvalue weighted by Gasteiger charge is -2.18. The van der Waals surface area contributed by atoms with Crippen LogP contribution in [-0.4, -0.2) is 44.2 Å². The number of esters is 1. The van der Waals surface area contributed by atoms with Crippen molar-refractivity contribution in [2.75, 3.05) is 7.11 Å². The van der Waals surface area contributed by atoms with Gasteiger partial charge in [-0.15, -0.1) is 0 Å². The molecule has 0 bridgehead atoms. The summed E-state index contributed by atoms with van der Waals surface area (Å²) in [6.45, 7) is 6.47. The van der Waals surface area contributed by atoms with E-state index in [1.54, 1.807) is 42.2 Å². The number of ether oxygens (including phenoxy) is 2. The standard InChI is InChI=1S/C26H30F2N4O3/c1-7-18-10-9-16-12-20(32(23(16)29-18)14-26(27,28)8-2)24-30-19-11-17(25(33)35-15(3)4)13-21(34-6)22(19)31(24)5/h9-13,15H,7-8,14H2,1-6H3. The second-order valence-electron chi connectivity index (χ2n) is 8.89. The molecule has 1 aromatic carbocycles. The molecule has 3 aromatic heterocycles. The molecule has 0 atom stereocenters. The monoisotopic (exact) mass is 484 g/mol. The summed E-state index contributed by atoms with van der Waals surface area (Å²) in [6.07, 6.45) is 0.122. The highest BCUT2D eigenvalue weighted by atomic mass is 19.3. The van der Waals surface area contributed by atoms with E-state index in [-0.39, 0.29) is 12.5 Å². The van der Waals surface area contributed by atoms with Crippen molar-refractivity contribution in [2.24, 2.45) is 7.05 Å². The molecule has 0 amide bonds. The van der Waals surface area contributed by atoms with Gasteiger partial charge in [-0.1, -0.05) is 13.8 Å². The van der Waals surface area contributed by atoms with Gasteiger partial charge in [0.05, 0.1) is 36.5 Å². The van der Waals surface area contributed by atoms with Crippen LogP contribution >= 0.6 is 0 Å². The number of pyridine rings is 1. The van der Waals surface area contributed by atoms with E-state index in [0.29, 0.717) is 45.9 Å². The number of aryl methyl sites for hydroxylation is 2. The molecule has 4 rings (SSSR count). The van der Waals surface area contributed by atoms with Crippen LogP contribution in [0.3, 0.4) is 0 Å². The molecule has 0 aliphatic heterocycles.